The number of hydrogen-bond acceptors (Lipinski definition) is 3. The molecule has 1 aromatic heterocycles. The second-order valence-electron chi connectivity index (χ2n) is 4.75. The average molecular weight is 304 g/mol. The first-order valence-corrected chi connectivity index (χ1v) is 7.85. The zero-order chi connectivity index (χ0) is 15.2. The van der Waals surface area contributed by atoms with Gasteiger partial charge in [0.1, 0.15) is 0 Å². The highest BCUT2D eigenvalue weighted by Gasteiger charge is 2.11. The standard InChI is InChI=1S/C16H20N2O2S/c1-3-18(8-9-19)16(20)17-14-6-4-5-13(11-14)15-12(2)7-10-21-15/h4-7,10-11,19H,3,8-9H2,1-2H3,(H,17,20). The van der Waals surface area contributed by atoms with Crippen LogP contribution in [0.4, 0.5) is 10.5 Å². The van der Waals surface area contributed by atoms with Crippen molar-refractivity contribution in [3.05, 3.63) is 41.3 Å². The monoisotopic (exact) mass is 304 g/mol. The lowest BCUT2D eigenvalue weighted by Crippen LogP contribution is -2.36. The predicted octanol–water partition coefficient (Wildman–Crippen LogP) is 3.57. The minimum absolute atomic E-state index is 0.0321. The normalized spacial score (nSPS) is 10.4. The van der Waals surface area contributed by atoms with Crippen LogP contribution in [-0.4, -0.2) is 35.7 Å². The molecule has 0 atom stereocenters. The maximum atomic E-state index is 12.1. The Bertz CT molecular complexity index is 610. The molecule has 0 unspecified atom stereocenters. The van der Waals surface area contributed by atoms with Crippen LogP contribution in [0.1, 0.15) is 12.5 Å². The summed E-state index contributed by atoms with van der Waals surface area (Å²) in [6.45, 7) is 4.84. The highest BCUT2D eigenvalue weighted by atomic mass is 32.1. The highest BCUT2D eigenvalue weighted by Crippen LogP contribution is 2.30. The van der Waals surface area contributed by atoms with E-state index in [0.717, 1.165) is 11.3 Å². The summed E-state index contributed by atoms with van der Waals surface area (Å²) in [5.41, 5.74) is 3.10. The molecule has 0 aliphatic heterocycles. The van der Waals surface area contributed by atoms with Crippen LogP contribution in [0.25, 0.3) is 10.4 Å². The number of likely N-dealkylation sites (N-methyl/N-ethyl adjacent to an activating group) is 1. The van der Waals surface area contributed by atoms with Crippen LogP contribution in [0, 0.1) is 6.92 Å². The maximum Gasteiger partial charge on any atom is 0.321 e. The van der Waals surface area contributed by atoms with Gasteiger partial charge in [0, 0.05) is 23.7 Å². The summed E-state index contributed by atoms with van der Waals surface area (Å²) in [6.07, 6.45) is 0. The number of urea groups is 1. The first-order valence-electron chi connectivity index (χ1n) is 6.97. The zero-order valence-electron chi connectivity index (χ0n) is 12.3. The molecule has 0 spiro atoms. The summed E-state index contributed by atoms with van der Waals surface area (Å²) in [5, 5.41) is 13.9. The van der Waals surface area contributed by atoms with Crippen LogP contribution in [0.5, 0.6) is 0 Å². The number of rotatable bonds is 5. The van der Waals surface area contributed by atoms with Crippen molar-refractivity contribution in [1.29, 1.82) is 0 Å². The molecule has 0 saturated heterocycles. The number of carbonyl (C=O) groups excluding carboxylic acids is 1. The largest absolute Gasteiger partial charge is 0.395 e. The van der Waals surface area contributed by atoms with Gasteiger partial charge in [0.05, 0.1) is 6.61 Å². The van der Waals surface area contributed by atoms with E-state index in [1.54, 1.807) is 16.2 Å². The van der Waals surface area contributed by atoms with Crippen molar-refractivity contribution in [2.75, 3.05) is 25.0 Å². The van der Waals surface area contributed by atoms with Gasteiger partial charge in [0.15, 0.2) is 0 Å². The van der Waals surface area contributed by atoms with Crippen LogP contribution in [-0.2, 0) is 0 Å². The summed E-state index contributed by atoms with van der Waals surface area (Å²) in [4.78, 5) is 14.9. The molecule has 4 nitrogen and oxygen atoms in total. The lowest BCUT2D eigenvalue weighted by Gasteiger charge is -2.20. The molecule has 0 fully saturated rings. The van der Waals surface area contributed by atoms with E-state index >= 15 is 0 Å². The molecule has 112 valence electrons. The van der Waals surface area contributed by atoms with Gasteiger partial charge < -0.3 is 15.3 Å². The van der Waals surface area contributed by atoms with E-state index in [4.69, 9.17) is 5.11 Å². The summed E-state index contributed by atoms with van der Waals surface area (Å²) >= 11 is 1.69. The first-order chi connectivity index (χ1) is 10.2. The Balaban J connectivity index is 2.15. The number of thiophene rings is 1. The van der Waals surface area contributed by atoms with Crippen LogP contribution < -0.4 is 5.32 Å². The van der Waals surface area contributed by atoms with Gasteiger partial charge in [-0.25, -0.2) is 4.79 Å². The third kappa shape index (κ3) is 3.83. The predicted molar refractivity (Wildman–Crippen MR) is 87.8 cm³/mol. The van der Waals surface area contributed by atoms with Crippen molar-refractivity contribution < 1.29 is 9.90 Å². The Morgan fingerprint density at radius 2 is 2.19 bits per heavy atom. The number of nitrogens with one attached hydrogen (secondary N) is 1. The van der Waals surface area contributed by atoms with E-state index in [2.05, 4.69) is 23.7 Å². The quantitative estimate of drug-likeness (QED) is 0.887. The number of carbonyl (C=O) groups is 1. The maximum absolute atomic E-state index is 12.1. The van der Waals surface area contributed by atoms with Crippen molar-refractivity contribution in [2.45, 2.75) is 13.8 Å². The topological polar surface area (TPSA) is 52.6 Å². The lowest BCUT2D eigenvalue weighted by molar-refractivity contribution is 0.192. The van der Waals surface area contributed by atoms with Gasteiger partial charge in [-0.2, -0.15) is 0 Å². The van der Waals surface area contributed by atoms with Crippen LogP contribution in [0.15, 0.2) is 35.7 Å². The van der Waals surface area contributed by atoms with Gasteiger partial charge >= 0.3 is 6.03 Å². The molecule has 2 aromatic rings. The van der Waals surface area contributed by atoms with Gasteiger partial charge in [-0.05, 0) is 48.6 Å². The molecule has 5 heteroatoms. The average Bonchev–Trinajstić information content (AvgIpc) is 2.91. The number of nitrogens with zero attached hydrogens (tertiary/aromatic N) is 1. The fourth-order valence-corrected chi connectivity index (χ4v) is 3.06. The molecular weight excluding hydrogens is 284 g/mol. The van der Waals surface area contributed by atoms with Gasteiger partial charge in [-0.15, -0.1) is 11.3 Å². The molecule has 2 N–H and O–H groups in total. The molecule has 21 heavy (non-hydrogen) atoms. The Hall–Kier alpha value is -1.85. The fourth-order valence-electron chi connectivity index (χ4n) is 2.13. The van der Waals surface area contributed by atoms with Crippen molar-refractivity contribution >= 4 is 23.1 Å². The minimum Gasteiger partial charge on any atom is -0.395 e. The third-order valence-corrected chi connectivity index (χ3v) is 4.34. The first kappa shape index (κ1) is 15.5. The number of benzene rings is 1. The number of aryl methyl sites for hydroxylation is 1. The molecule has 2 amide bonds. The van der Waals surface area contributed by atoms with Crippen LogP contribution in [0.2, 0.25) is 0 Å². The van der Waals surface area contributed by atoms with Crippen LogP contribution in [0.3, 0.4) is 0 Å². The van der Waals surface area contributed by atoms with Crippen molar-refractivity contribution in [2.24, 2.45) is 0 Å². The van der Waals surface area contributed by atoms with E-state index in [1.807, 2.05) is 31.2 Å². The second kappa shape index (κ2) is 7.24. The fraction of sp³-hybridized carbons (Fsp3) is 0.312. The van der Waals surface area contributed by atoms with E-state index in [0.29, 0.717) is 13.1 Å². The second-order valence-corrected chi connectivity index (χ2v) is 5.66. The number of aliphatic hydroxyl groups excluding tert-OH is 1. The number of hydrogen-bond donors (Lipinski definition) is 2. The molecule has 0 radical (unpaired) electrons. The molecule has 1 heterocycles. The van der Waals surface area contributed by atoms with Gasteiger partial charge in [-0.1, -0.05) is 12.1 Å². The minimum atomic E-state index is -0.188. The van der Waals surface area contributed by atoms with Crippen molar-refractivity contribution in [3.8, 4) is 10.4 Å². The summed E-state index contributed by atoms with van der Waals surface area (Å²) < 4.78 is 0. The Labute approximate surface area is 129 Å². The highest BCUT2D eigenvalue weighted by molar-refractivity contribution is 7.13. The molecule has 1 aromatic carbocycles. The van der Waals surface area contributed by atoms with Crippen molar-refractivity contribution in [3.63, 3.8) is 0 Å². The molecule has 0 bridgehead atoms. The molecule has 2 rings (SSSR count). The third-order valence-electron chi connectivity index (χ3n) is 3.28. The SMILES string of the molecule is CCN(CCO)C(=O)Nc1cccc(-c2sccc2C)c1. The molecule has 0 saturated carbocycles. The Morgan fingerprint density at radius 1 is 1.38 bits per heavy atom. The molecule has 0 aliphatic carbocycles. The number of amides is 2. The van der Waals surface area contributed by atoms with Gasteiger partial charge in [-0.3, -0.25) is 0 Å². The van der Waals surface area contributed by atoms with Crippen molar-refractivity contribution in [1.82, 2.24) is 4.90 Å². The Kier molecular flexibility index (Phi) is 5.36. The number of aliphatic hydroxyl groups is 1. The molecule has 0 aliphatic rings. The zero-order valence-corrected chi connectivity index (χ0v) is 13.1. The summed E-state index contributed by atoms with van der Waals surface area (Å²) in [5.74, 6) is 0. The van der Waals surface area contributed by atoms with E-state index in [9.17, 15) is 4.79 Å². The van der Waals surface area contributed by atoms with Gasteiger partial charge in [0.25, 0.3) is 0 Å². The van der Waals surface area contributed by atoms with Crippen LogP contribution >= 0.6 is 11.3 Å². The Morgan fingerprint density at radius 3 is 2.81 bits per heavy atom. The molecular formula is C16H20N2O2S. The smallest absolute Gasteiger partial charge is 0.321 e. The summed E-state index contributed by atoms with van der Waals surface area (Å²) in [6, 6.07) is 9.73. The van der Waals surface area contributed by atoms with E-state index in [-0.39, 0.29) is 12.6 Å². The van der Waals surface area contributed by atoms with E-state index in [1.165, 1.54) is 10.4 Å². The summed E-state index contributed by atoms with van der Waals surface area (Å²) in [7, 11) is 0. The number of anilines is 1. The van der Waals surface area contributed by atoms with E-state index < -0.39 is 0 Å². The lowest BCUT2D eigenvalue weighted by atomic mass is 10.1. The van der Waals surface area contributed by atoms with Gasteiger partial charge in [0.2, 0.25) is 0 Å².